The van der Waals surface area contributed by atoms with Crippen LogP contribution < -0.4 is 5.32 Å². The predicted octanol–water partition coefficient (Wildman–Crippen LogP) is 5.55. The van der Waals surface area contributed by atoms with Crippen LogP contribution in [-0.4, -0.2) is 50.8 Å². The van der Waals surface area contributed by atoms with Gasteiger partial charge in [-0.1, -0.05) is 26.8 Å². The predicted molar refractivity (Wildman–Crippen MR) is 151 cm³/mol. The van der Waals surface area contributed by atoms with E-state index in [1.54, 1.807) is 18.3 Å². The van der Waals surface area contributed by atoms with Gasteiger partial charge in [0.1, 0.15) is 5.82 Å². The second-order valence-corrected chi connectivity index (χ2v) is 11.8. The van der Waals surface area contributed by atoms with Gasteiger partial charge in [0.2, 0.25) is 11.8 Å². The van der Waals surface area contributed by atoms with Crippen molar-refractivity contribution in [1.82, 2.24) is 24.7 Å². The van der Waals surface area contributed by atoms with Crippen LogP contribution in [0, 0.1) is 19.8 Å². The zero-order valence-electron chi connectivity index (χ0n) is 23.7. The number of carbonyl (C=O) groups is 2. The number of aryl methyl sites for hydroxylation is 2. The Labute approximate surface area is 226 Å². The van der Waals surface area contributed by atoms with Crippen LogP contribution in [0.25, 0.3) is 0 Å². The van der Waals surface area contributed by atoms with Crippen molar-refractivity contribution in [3.8, 4) is 0 Å². The third kappa shape index (κ3) is 7.46. The monoisotopic (exact) mass is 527 g/mol. The van der Waals surface area contributed by atoms with Gasteiger partial charge in [-0.15, -0.1) is 11.3 Å². The fourth-order valence-electron chi connectivity index (χ4n) is 5.35. The Bertz CT molecular complexity index is 1090. The lowest BCUT2D eigenvalue weighted by molar-refractivity contribution is -0.135. The summed E-state index contributed by atoms with van der Waals surface area (Å²) < 4.78 is 2.44. The molecule has 1 unspecified atom stereocenters. The number of amides is 2. The van der Waals surface area contributed by atoms with Crippen molar-refractivity contribution >= 4 is 23.2 Å². The zero-order chi connectivity index (χ0) is 27.1. The number of hydrogen-bond acceptors (Lipinski definition) is 5. The summed E-state index contributed by atoms with van der Waals surface area (Å²) in [5.41, 5.74) is 2.36. The minimum absolute atomic E-state index is 0.00806. The number of allylic oxidation sites excluding steroid dienone is 1. The molecule has 2 amide bonds. The van der Waals surface area contributed by atoms with E-state index in [1.165, 1.54) is 15.4 Å². The number of fused-ring (bicyclic) bond motifs is 1. The third-order valence-corrected chi connectivity index (χ3v) is 8.28. The summed E-state index contributed by atoms with van der Waals surface area (Å²) in [7, 11) is 0. The largest absolute Gasteiger partial charge is 0.377 e. The van der Waals surface area contributed by atoms with Gasteiger partial charge >= 0.3 is 0 Å². The number of rotatable bonds is 12. The molecule has 2 aromatic rings. The van der Waals surface area contributed by atoms with Crippen LogP contribution in [0.15, 0.2) is 24.4 Å². The highest BCUT2D eigenvalue weighted by molar-refractivity contribution is 7.12. The average molecular weight is 528 g/mol. The highest BCUT2D eigenvalue weighted by Crippen LogP contribution is 2.29. The average Bonchev–Trinajstić information content (AvgIpc) is 3.43. The van der Waals surface area contributed by atoms with E-state index in [-0.39, 0.29) is 23.8 Å². The van der Waals surface area contributed by atoms with E-state index in [2.05, 4.69) is 66.9 Å². The molecule has 0 saturated heterocycles. The summed E-state index contributed by atoms with van der Waals surface area (Å²) in [5.74, 6) is 1.28. The molecule has 0 spiro atoms. The van der Waals surface area contributed by atoms with E-state index < -0.39 is 0 Å². The number of carbonyl (C=O) groups excluding carboxylic acids is 2. The van der Waals surface area contributed by atoms with Crippen LogP contribution in [0.5, 0.6) is 0 Å². The SMILES string of the molecule is C/C=C/N(CCC(CC)n1c(C)nc2c1CCN(C(=O)C(C)C)C2)CC[C@H](NC(C)=O)c1ccc(C)s1. The Kier molecular flexibility index (Phi) is 10.4. The number of nitrogens with zero attached hydrogens (tertiary/aromatic N) is 4. The van der Waals surface area contributed by atoms with Crippen molar-refractivity contribution in [2.75, 3.05) is 19.6 Å². The Morgan fingerprint density at radius 1 is 1.22 bits per heavy atom. The second-order valence-electron chi connectivity index (χ2n) is 10.4. The smallest absolute Gasteiger partial charge is 0.225 e. The molecule has 3 rings (SSSR count). The quantitative estimate of drug-likeness (QED) is 0.393. The number of nitrogens with one attached hydrogen (secondary N) is 1. The summed E-state index contributed by atoms with van der Waals surface area (Å²) in [6.45, 7) is 17.2. The molecule has 0 radical (unpaired) electrons. The van der Waals surface area contributed by atoms with Crippen molar-refractivity contribution in [2.45, 2.75) is 92.8 Å². The van der Waals surface area contributed by atoms with Crippen LogP contribution in [0.2, 0.25) is 0 Å². The molecule has 0 bridgehead atoms. The zero-order valence-corrected chi connectivity index (χ0v) is 24.5. The van der Waals surface area contributed by atoms with E-state index in [9.17, 15) is 9.59 Å². The van der Waals surface area contributed by atoms with Gasteiger partial charge in [-0.2, -0.15) is 0 Å². The standard InChI is InChI=1S/C29H45N5O2S/c1-8-15-32(17-13-25(31-23(7)35)28-11-10-21(5)37-28)16-12-24(9-2)34-22(6)30-26-19-33(18-14-27(26)34)29(36)20(3)4/h8,10-11,15,20,24-25H,9,12-14,16-19H2,1-7H3,(H,31,35)/b15-8+/t24?,25-/m0/s1. The van der Waals surface area contributed by atoms with Crippen LogP contribution in [0.1, 0.15) is 92.9 Å². The fourth-order valence-corrected chi connectivity index (χ4v) is 6.31. The molecule has 37 heavy (non-hydrogen) atoms. The van der Waals surface area contributed by atoms with Crippen molar-refractivity contribution < 1.29 is 9.59 Å². The molecule has 2 atom stereocenters. The first-order valence-corrected chi connectivity index (χ1v) is 14.5. The number of hydrogen-bond donors (Lipinski definition) is 1. The molecule has 0 aromatic carbocycles. The molecule has 1 aliphatic heterocycles. The fraction of sp³-hybridized carbons (Fsp3) is 0.621. The summed E-state index contributed by atoms with van der Waals surface area (Å²) in [6, 6.07) is 4.65. The normalized spacial score (nSPS) is 15.2. The topological polar surface area (TPSA) is 70.5 Å². The summed E-state index contributed by atoms with van der Waals surface area (Å²) in [6.07, 6.45) is 8.03. The van der Waals surface area contributed by atoms with Gasteiger partial charge in [0, 0.05) is 60.4 Å². The molecule has 2 aromatic heterocycles. The molecule has 0 fully saturated rings. The Balaban J connectivity index is 1.68. The molecule has 1 N–H and O–H groups in total. The molecule has 204 valence electrons. The van der Waals surface area contributed by atoms with Crippen LogP contribution >= 0.6 is 11.3 Å². The van der Waals surface area contributed by atoms with E-state index in [1.807, 2.05) is 18.7 Å². The van der Waals surface area contributed by atoms with E-state index in [0.717, 1.165) is 56.8 Å². The van der Waals surface area contributed by atoms with E-state index >= 15 is 0 Å². The molecule has 3 heterocycles. The molecule has 8 heteroatoms. The lowest BCUT2D eigenvalue weighted by Crippen LogP contribution is -2.39. The molecular weight excluding hydrogens is 482 g/mol. The van der Waals surface area contributed by atoms with Gasteiger partial charge in [-0.3, -0.25) is 9.59 Å². The molecular formula is C29H45N5O2S. The van der Waals surface area contributed by atoms with Gasteiger partial charge < -0.3 is 19.7 Å². The highest BCUT2D eigenvalue weighted by Gasteiger charge is 2.29. The first kappa shape index (κ1) is 29.0. The van der Waals surface area contributed by atoms with Crippen LogP contribution in [0.3, 0.4) is 0 Å². The summed E-state index contributed by atoms with van der Waals surface area (Å²) >= 11 is 1.75. The third-order valence-electron chi connectivity index (χ3n) is 7.17. The van der Waals surface area contributed by atoms with E-state index in [4.69, 9.17) is 4.98 Å². The molecule has 0 aliphatic carbocycles. The number of imidazole rings is 1. The van der Waals surface area contributed by atoms with Crippen molar-refractivity contribution in [3.05, 3.63) is 51.4 Å². The van der Waals surface area contributed by atoms with Gasteiger partial charge in [0.05, 0.1) is 18.3 Å². The van der Waals surface area contributed by atoms with Crippen LogP contribution in [-0.2, 0) is 22.6 Å². The maximum absolute atomic E-state index is 12.5. The van der Waals surface area contributed by atoms with Gasteiger partial charge in [-0.25, -0.2) is 4.98 Å². The maximum Gasteiger partial charge on any atom is 0.225 e. The van der Waals surface area contributed by atoms with Crippen molar-refractivity contribution in [2.24, 2.45) is 5.92 Å². The minimum atomic E-state index is 0.00806. The summed E-state index contributed by atoms with van der Waals surface area (Å²) in [4.78, 5) is 36.1. The molecule has 1 aliphatic rings. The Hall–Kier alpha value is -2.61. The number of thiophene rings is 1. The first-order valence-electron chi connectivity index (χ1n) is 13.7. The lowest BCUT2D eigenvalue weighted by Gasteiger charge is -2.31. The van der Waals surface area contributed by atoms with Gasteiger partial charge in [0.15, 0.2) is 0 Å². The molecule has 0 saturated carbocycles. The van der Waals surface area contributed by atoms with Gasteiger partial charge in [-0.05, 0) is 58.4 Å². The Morgan fingerprint density at radius 2 is 1.95 bits per heavy atom. The second kappa shape index (κ2) is 13.3. The van der Waals surface area contributed by atoms with Gasteiger partial charge in [0.25, 0.3) is 0 Å². The van der Waals surface area contributed by atoms with E-state index in [0.29, 0.717) is 12.6 Å². The first-order chi connectivity index (χ1) is 17.6. The maximum atomic E-state index is 12.5. The lowest BCUT2D eigenvalue weighted by atomic mass is 10.1. The van der Waals surface area contributed by atoms with Crippen LogP contribution in [0.4, 0.5) is 0 Å². The number of aromatic nitrogens is 2. The van der Waals surface area contributed by atoms with Crippen molar-refractivity contribution in [3.63, 3.8) is 0 Å². The summed E-state index contributed by atoms with van der Waals surface area (Å²) in [5, 5.41) is 3.15. The molecule has 7 nitrogen and oxygen atoms in total. The minimum Gasteiger partial charge on any atom is -0.377 e. The Morgan fingerprint density at radius 3 is 2.54 bits per heavy atom. The highest BCUT2D eigenvalue weighted by atomic mass is 32.1. The van der Waals surface area contributed by atoms with Crippen molar-refractivity contribution in [1.29, 1.82) is 0 Å².